The number of nitrogens with one attached hydrogen (secondary N) is 1. The Labute approximate surface area is 116 Å². The molecule has 0 aromatic carbocycles. The highest BCUT2D eigenvalue weighted by atomic mass is 16.5. The molecule has 108 valence electrons. The van der Waals surface area contributed by atoms with Gasteiger partial charge in [0.15, 0.2) is 5.82 Å². The van der Waals surface area contributed by atoms with Gasteiger partial charge in [0.05, 0.1) is 6.61 Å². The minimum atomic E-state index is 0.501. The Morgan fingerprint density at radius 3 is 2.58 bits per heavy atom. The summed E-state index contributed by atoms with van der Waals surface area (Å²) in [6.45, 7) is 9.85. The molecular weight excluding hydrogens is 240 g/mol. The molecule has 0 aliphatic heterocycles. The maximum absolute atomic E-state index is 6.04. The van der Waals surface area contributed by atoms with Crippen molar-refractivity contribution in [3.05, 3.63) is 5.82 Å². The van der Waals surface area contributed by atoms with Crippen LogP contribution >= 0.6 is 0 Å². The van der Waals surface area contributed by atoms with Crippen LogP contribution in [0.15, 0.2) is 0 Å². The van der Waals surface area contributed by atoms with Crippen LogP contribution in [-0.4, -0.2) is 23.1 Å². The smallest absolute Gasteiger partial charge is 0.242 e. The third kappa shape index (κ3) is 4.93. The number of nitrogens with two attached hydrogens (primary N) is 1. The van der Waals surface area contributed by atoms with E-state index in [0.29, 0.717) is 29.9 Å². The van der Waals surface area contributed by atoms with Crippen LogP contribution < -0.4 is 15.8 Å². The zero-order valence-electron chi connectivity index (χ0n) is 12.5. The monoisotopic (exact) mass is 266 g/mol. The van der Waals surface area contributed by atoms with Crippen molar-refractivity contribution in [2.24, 2.45) is 5.92 Å². The second-order valence-electron chi connectivity index (χ2n) is 5.04. The zero-order chi connectivity index (χ0) is 14.3. The number of nitrogens with zero attached hydrogens (tertiary/aromatic N) is 2. The average molecular weight is 266 g/mol. The summed E-state index contributed by atoms with van der Waals surface area (Å²) < 4.78 is 5.67. The lowest BCUT2D eigenvalue weighted by atomic mass is 10.1. The molecule has 0 saturated heterocycles. The van der Waals surface area contributed by atoms with Crippen LogP contribution in [0.25, 0.3) is 0 Å². The molecule has 1 aromatic heterocycles. The summed E-state index contributed by atoms with van der Waals surface area (Å²) in [5.74, 6) is 2.47. The SMILES string of the molecule is CCCCOc1nc(CC(C)C)nc(NCC)c1N. The van der Waals surface area contributed by atoms with Gasteiger partial charge in [0, 0.05) is 13.0 Å². The lowest BCUT2D eigenvalue weighted by Gasteiger charge is -2.14. The molecule has 1 heterocycles. The largest absolute Gasteiger partial charge is 0.476 e. The predicted molar refractivity (Wildman–Crippen MR) is 79.6 cm³/mol. The number of nitrogen functional groups attached to an aromatic ring is 1. The van der Waals surface area contributed by atoms with Gasteiger partial charge in [0.2, 0.25) is 5.88 Å². The van der Waals surface area contributed by atoms with Crippen LogP contribution in [0, 0.1) is 5.92 Å². The number of aromatic nitrogens is 2. The molecule has 3 N–H and O–H groups in total. The van der Waals surface area contributed by atoms with E-state index in [9.17, 15) is 0 Å². The van der Waals surface area contributed by atoms with Crippen molar-refractivity contribution in [2.45, 2.75) is 47.0 Å². The number of hydrogen-bond acceptors (Lipinski definition) is 5. The van der Waals surface area contributed by atoms with Crippen molar-refractivity contribution in [3.8, 4) is 5.88 Å². The standard InChI is InChI=1S/C14H26N4O/c1-5-7-8-19-14-12(15)13(16-6-2)17-11(18-14)9-10(3)4/h10H,5-9,15H2,1-4H3,(H,16,17,18). The maximum atomic E-state index is 6.04. The van der Waals surface area contributed by atoms with E-state index in [2.05, 4.69) is 36.1 Å². The van der Waals surface area contributed by atoms with Crippen molar-refractivity contribution in [2.75, 3.05) is 24.2 Å². The highest BCUT2D eigenvalue weighted by Crippen LogP contribution is 2.26. The van der Waals surface area contributed by atoms with Crippen molar-refractivity contribution in [3.63, 3.8) is 0 Å². The van der Waals surface area contributed by atoms with Crippen LogP contribution in [0.5, 0.6) is 5.88 Å². The molecule has 0 aliphatic rings. The molecule has 0 atom stereocenters. The minimum Gasteiger partial charge on any atom is -0.476 e. The van der Waals surface area contributed by atoms with E-state index < -0.39 is 0 Å². The normalized spacial score (nSPS) is 10.8. The van der Waals surface area contributed by atoms with Crippen LogP contribution in [0.3, 0.4) is 0 Å². The fraction of sp³-hybridized carbons (Fsp3) is 0.714. The van der Waals surface area contributed by atoms with E-state index in [1.807, 2.05) is 6.92 Å². The van der Waals surface area contributed by atoms with Crippen LogP contribution in [-0.2, 0) is 6.42 Å². The summed E-state index contributed by atoms with van der Waals surface area (Å²) in [4.78, 5) is 8.89. The second kappa shape index (κ2) is 7.81. The molecule has 1 aromatic rings. The highest BCUT2D eigenvalue weighted by molar-refractivity contribution is 5.66. The van der Waals surface area contributed by atoms with Gasteiger partial charge >= 0.3 is 0 Å². The van der Waals surface area contributed by atoms with Gasteiger partial charge in [0.1, 0.15) is 11.5 Å². The quantitative estimate of drug-likeness (QED) is 0.708. The van der Waals surface area contributed by atoms with Gasteiger partial charge < -0.3 is 15.8 Å². The summed E-state index contributed by atoms with van der Waals surface area (Å²) in [6, 6.07) is 0. The first-order valence-corrected chi connectivity index (χ1v) is 7.11. The topological polar surface area (TPSA) is 73.1 Å². The lowest BCUT2D eigenvalue weighted by molar-refractivity contribution is 0.298. The number of anilines is 2. The van der Waals surface area contributed by atoms with Gasteiger partial charge in [0.25, 0.3) is 0 Å². The van der Waals surface area contributed by atoms with Crippen LogP contribution in [0.1, 0.15) is 46.4 Å². The fourth-order valence-electron chi connectivity index (χ4n) is 1.67. The number of ether oxygens (including phenoxy) is 1. The van der Waals surface area contributed by atoms with Crippen molar-refractivity contribution in [1.82, 2.24) is 9.97 Å². The van der Waals surface area contributed by atoms with Gasteiger partial charge in [-0.25, -0.2) is 4.98 Å². The molecule has 0 unspecified atom stereocenters. The molecule has 0 saturated carbocycles. The highest BCUT2D eigenvalue weighted by Gasteiger charge is 2.13. The molecule has 0 amide bonds. The molecule has 0 fully saturated rings. The molecule has 5 heteroatoms. The van der Waals surface area contributed by atoms with E-state index in [-0.39, 0.29) is 0 Å². The van der Waals surface area contributed by atoms with E-state index >= 15 is 0 Å². The van der Waals surface area contributed by atoms with Crippen LogP contribution in [0.2, 0.25) is 0 Å². The van der Waals surface area contributed by atoms with E-state index in [1.165, 1.54) is 0 Å². The van der Waals surface area contributed by atoms with Gasteiger partial charge in [-0.1, -0.05) is 27.2 Å². The summed E-state index contributed by atoms with van der Waals surface area (Å²) >= 11 is 0. The van der Waals surface area contributed by atoms with Gasteiger partial charge in [-0.05, 0) is 19.3 Å². The molecule has 0 bridgehead atoms. The molecule has 0 spiro atoms. The lowest BCUT2D eigenvalue weighted by Crippen LogP contribution is -2.12. The Bertz CT molecular complexity index is 393. The average Bonchev–Trinajstić information content (AvgIpc) is 2.34. The molecule has 1 rings (SSSR count). The van der Waals surface area contributed by atoms with E-state index in [4.69, 9.17) is 10.5 Å². The van der Waals surface area contributed by atoms with Crippen LogP contribution in [0.4, 0.5) is 11.5 Å². The first-order valence-electron chi connectivity index (χ1n) is 7.11. The third-order valence-corrected chi connectivity index (χ3v) is 2.63. The molecular formula is C14H26N4O. The number of hydrogen-bond donors (Lipinski definition) is 2. The Hall–Kier alpha value is -1.52. The fourth-order valence-corrected chi connectivity index (χ4v) is 1.67. The van der Waals surface area contributed by atoms with Gasteiger partial charge in [-0.2, -0.15) is 4.98 Å². The van der Waals surface area contributed by atoms with E-state index in [0.717, 1.165) is 31.6 Å². The molecule has 19 heavy (non-hydrogen) atoms. The van der Waals surface area contributed by atoms with Crippen molar-refractivity contribution >= 4 is 11.5 Å². The summed E-state index contributed by atoms with van der Waals surface area (Å²) in [6.07, 6.45) is 2.91. The Morgan fingerprint density at radius 2 is 2.00 bits per heavy atom. The second-order valence-corrected chi connectivity index (χ2v) is 5.04. The Kier molecular flexibility index (Phi) is 6.39. The summed E-state index contributed by atoms with van der Waals surface area (Å²) in [5.41, 5.74) is 6.54. The molecule has 5 nitrogen and oxygen atoms in total. The first-order chi connectivity index (χ1) is 9.08. The Morgan fingerprint density at radius 1 is 1.26 bits per heavy atom. The number of rotatable bonds is 8. The Balaban J connectivity index is 2.94. The summed E-state index contributed by atoms with van der Waals surface area (Å²) in [7, 11) is 0. The first kappa shape index (κ1) is 15.5. The third-order valence-electron chi connectivity index (χ3n) is 2.63. The molecule has 0 radical (unpaired) electrons. The van der Waals surface area contributed by atoms with E-state index in [1.54, 1.807) is 0 Å². The summed E-state index contributed by atoms with van der Waals surface area (Å²) in [5, 5.41) is 3.16. The minimum absolute atomic E-state index is 0.501. The van der Waals surface area contributed by atoms with Gasteiger partial charge in [-0.3, -0.25) is 0 Å². The maximum Gasteiger partial charge on any atom is 0.242 e. The zero-order valence-corrected chi connectivity index (χ0v) is 12.5. The predicted octanol–water partition coefficient (Wildman–Crippen LogP) is 2.87. The van der Waals surface area contributed by atoms with Crippen molar-refractivity contribution in [1.29, 1.82) is 0 Å². The van der Waals surface area contributed by atoms with Gasteiger partial charge in [-0.15, -0.1) is 0 Å². The van der Waals surface area contributed by atoms with Crippen molar-refractivity contribution < 1.29 is 4.74 Å². The molecule has 0 aliphatic carbocycles. The number of unbranched alkanes of at least 4 members (excludes halogenated alkanes) is 1.